The van der Waals surface area contributed by atoms with Crippen LogP contribution in [0.15, 0.2) is 0 Å². The molecule has 0 aromatic heterocycles. The fourth-order valence-corrected chi connectivity index (χ4v) is 2.84. The van der Waals surface area contributed by atoms with Gasteiger partial charge in [-0.15, -0.1) is 0 Å². The lowest BCUT2D eigenvalue weighted by Crippen LogP contribution is -2.58. The number of carbonyl (C=O) groups excluding carboxylic acids is 2. The van der Waals surface area contributed by atoms with Crippen LogP contribution in [0.25, 0.3) is 0 Å². The molecule has 5 nitrogen and oxygen atoms in total. The molecule has 0 spiro atoms. The second kappa shape index (κ2) is 12.4. The van der Waals surface area contributed by atoms with Crippen molar-refractivity contribution in [2.75, 3.05) is 0 Å². The van der Waals surface area contributed by atoms with Crippen molar-refractivity contribution < 1.29 is 19.8 Å². The van der Waals surface area contributed by atoms with Crippen LogP contribution in [0.2, 0.25) is 0 Å². The van der Waals surface area contributed by atoms with Crippen molar-refractivity contribution in [1.29, 1.82) is 0 Å². The van der Waals surface area contributed by atoms with Gasteiger partial charge in [0.05, 0.1) is 6.10 Å². The van der Waals surface area contributed by atoms with Crippen LogP contribution in [0.1, 0.15) is 91.4 Å². The van der Waals surface area contributed by atoms with Gasteiger partial charge in [-0.05, 0) is 18.8 Å². The summed E-state index contributed by atoms with van der Waals surface area (Å²) in [6, 6.07) is 0. The van der Waals surface area contributed by atoms with Crippen LogP contribution in [-0.4, -0.2) is 33.6 Å². The van der Waals surface area contributed by atoms with Crippen molar-refractivity contribution in [3.8, 4) is 0 Å². The largest absolute Gasteiger partial charge is 0.389 e. The van der Waals surface area contributed by atoms with Crippen molar-refractivity contribution in [3.05, 3.63) is 0 Å². The van der Waals surface area contributed by atoms with E-state index in [0.717, 1.165) is 32.1 Å². The molecule has 0 aromatic rings. The molecule has 4 N–H and O–H groups in total. The summed E-state index contributed by atoms with van der Waals surface area (Å²) >= 11 is 0. The third-order valence-electron chi connectivity index (χ3n) is 4.55. The van der Waals surface area contributed by atoms with Crippen LogP contribution in [-0.2, 0) is 9.59 Å². The van der Waals surface area contributed by atoms with Gasteiger partial charge in [-0.2, -0.15) is 0 Å². The first kappa shape index (κ1) is 23.1. The highest BCUT2D eigenvalue weighted by Crippen LogP contribution is 2.21. The summed E-state index contributed by atoms with van der Waals surface area (Å²) < 4.78 is 0. The fraction of sp³-hybridized carbons (Fsp3) is 0.895. The van der Waals surface area contributed by atoms with Gasteiger partial charge in [0.1, 0.15) is 0 Å². The van der Waals surface area contributed by atoms with E-state index in [-0.39, 0.29) is 12.8 Å². The number of nitrogens with two attached hydrogens (primary N) is 1. The Bertz CT molecular complexity index is 370. The first-order chi connectivity index (χ1) is 11.3. The van der Waals surface area contributed by atoms with Crippen LogP contribution in [0.5, 0.6) is 0 Å². The number of hydrogen-bond acceptors (Lipinski definition) is 4. The van der Waals surface area contributed by atoms with Gasteiger partial charge in [-0.25, -0.2) is 0 Å². The highest BCUT2D eigenvalue weighted by Gasteiger charge is 2.47. The molecule has 142 valence electrons. The highest BCUT2D eigenvalue weighted by atomic mass is 16.4. The number of aliphatic hydroxyl groups is 2. The first-order valence-corrected chi connectivity index (χ1v) is 9.50. The predicted molar refractivity (Wildman–Crippen MR) is 96.5 cm³/mol. The van der Waals surface area contributed by atoms with Crippen LogP contribution in [0.3, 0.4) is 0 Å². The monoisotopic (exact) mass is 343 g/mol. The van der Waals surface area contributed by atoms with Gasteiger partial charge in [0, 0.05) is 6.42 Å². The van der Waals surface area contributed by atoms with E-state index in [4.69, 9.17) is 5.73 Å². The Morgan fingerprint density at radius 1 is 0.958 bits per heavy atom. The zero-order chi connectivity index (χ0) is 18.6. The molecule has 24 heavy (non-hydrogen) atoms. The van der Waals surface area contributed by atoms with Gasteiger partial charge in [-0.3, -0.25) is 9.59 Å². The molecule has 0 rings (SSSR count). The number of rotatable bonds is 15. The summed E-state index contributed by atoms with van der Waals surface area (Å²) in [6.07, 6.45) is 7.39. The van der Waals surface area contributed by atoms with E-state index in [2.05, 4.69) is 13.8 Å². The van der Waals surface area contributed by atoms with E-state index < -0.39 is 23.4 Å². The Kier molecular flexibility index (Phi) is 11.9. The maximum atomic E-state index is 12.2. The van der Waals surface area contributed by atoms with Gasteiger partial charge >= 0.3 is 0 Å². The number of carbonyl (C=O) groups is 2. The average Bonchev–Trinajstić information content (AvgIpc) is 2.52. The molecule has 0 aromatic carbocycles. The minimum absolute atomic E-state index is 0.0778. The van der Waals surface area contributed by atoms with E-state index in [1.165, 1.54) is 12.8 Å². The van der Waals surface area contributed by atoms with Gasteiger partial charge < -0.3 is 15.9 Å². The van der Waals surface area contributed by atoms with Crippen LogP contribution >= 0.6 is 0 Å². The zero-order valence-electron chi connectivity index (χ0n) is 15.7. The molecule has 0 saturated heterocycles. The van der Waals surface area contributed by atoms with Crippen LogP contribution in [0.4, 0.5) is 0 Å². The van der Waals surface area contributed by atoms with E-state index in [0.29, 0.717) is 18.8 Å². The second-order valence-corrected chi connectivity index (χ2v) is 7.27. The van der Waals surface area contributed by atoms with Gasteiger partial charge in [-0.1, -0.05) is 72.1 Å². The molecule has 0 aliphatic heterocycles. The predicted octanol–water partition coefficient (Wildman–Crippen LogP) is 3.10. The van der Waals surface area contributed by atoms with Gasteiger partial charge in [0.2, 0.25) is 5.60 Å². The Hall–Kier alpha value is -0.940. The number of unbranched alkanes of at least 4 members (excludes halogenated alkanes) is 6. The van der Waals surface area contributed by atoms with Crippen molar-refractivity contribution >= 4 is 11.7 Å². The van der Waals surface area contributed by atoms with Gasteiger partial charge in [0.15, 0.2) is 5.78 Å². The lowest BCUT2D eigenvalue weighted by molar-refractivity contribution is -0.163. The smallest absolute Gasteiger partial charge is 0.259 e. The fourth-order valence-electron chi connectivity index (χ4n) is 2.84. The van der Waals surface area contributed by atoms with E-state index in [1.54, 1.807) is 0 Å². The maximum absolute atomic E-state index is 12.2. The summed E-state index contributed by atoms with van der Waals surface area (Å²) in [5.74, 6) is -1.08. The summed E-state index contributed by atoms with van der Waals surface area (Å²) in [7, 11) is 0. The van der Waals surface area contributed by atoms with Crippen molar-refractivity contribution in [2.45, 2.75) is 103 Å². The maximum Gasteiger partial charge on any atom is 0.259 e. The molecule has 2 unspecified atom stereocenters. The van der Waals surface area contributed by atoms with Gasteiger partial charge in [0.25, 0.3) is 5.91 Å². The Labute approximate surface area is 147 Å². The quantitative estimate of drug-likeness (QED) is 0.314. The SMILES string of the molecule is CCCCCC(O)C(O)(C(N)=O)C(=O)CCCCCCCC(C)C. The summed E-state index contributed by atoms with van der Waals surface area (Å²) in [5.41, 5.74) is 2.77. The summed E-state index contributed by atoms with van der Waals surface area (Å²) in [6.45, 7) is 6.42. The van der Waals surface area contributed by atoms with Crippen molar-refractivity contribution in [2.24, 2.45) is 11.7 Å². The number of amides is 1. The van der Waals surface area contributed by atoms with Crippen molar-refractivity contribution in [3.63, 3.8) is 0 Å². The Morgan fingerprint density at radius 3 is 2.04 bits per heavy atom. The van der Waals surface area contributed by atoms with Crippen LogP contribution in [0, 0.1) is 5.92 Å². The Morgan fingerprint density at radius 2 is 1.50 bits per heavy atom. The molecule has 0 aliphatic carbocycles. The van der Waals surface area contributed by atoms with Crippen LogP contribution < -0.4 is 5.73 Å². The minimum atomic E-state index is -2.44. The zero-order valence-corrected chi connectivity index (χ0v) is 15.7. The molecule has 5 heteroatoms. The number of aliphatic hydroxyl groups excluding tert-OH is 1. The lowest BCUT2D eigenvalue weighted by Gasteiger charge is -2.28. The molecular formula is C19H37NO4. The first-order valence-electron chi connectivity index (χ1n) is 9.50. The molecule has 0 fully saturated rings. The van der Waals surface area contributed by atoms with E-state index in [1.807, 2.05) is 6.92 Å². The molecule has 0 aliphatic rings. The third-order valence-corrected chi connectivity index (χ3v) is 4.55. The van der Waals surface area contributed by atoms with Crippen molar-refractivity contribution in [1.82, 2.24) is 0 Å². The lowest BCUT2D eigenvalue weighted by atomic mass is 9.85. The molecule has 2 atom stereocenters. The summed E-state index contributed by atoms with van der Waals surface area (Å²) in [5, 5.41) is 20.4. The summed E-state index contributed by atoms with van der Waals surface area (Å²) in [4.78, 5) is 23.8. The third kappa shape index (κ3) is 8.25. The average molecular weight is 344 g/mol. The number of Topliss-reactive ketones (excluding diaryl/α,β-unsaturated/α-hetero) is 1. The number of ketones is 1. The minimum Gasteiger partial charge on any atom is -0.389 e. The molecule has 0 radical (unpaired) electrons. The number of hydrogen-bond donors (Lipinski definition) is 3. The highest BCUT2D eigenvalue weighted by molar-refractivity contribution is 6.09. The molecule has 0 bridgehead atoms. The molecule has 1 amide bonds. The topological polar surface area (TPSA) is 101 Å². The Balaban J connectivity index is 4.26. The van der Waals surface area contributed by atoms with E-state index in [9.17, 15) is 19.8 Å². The second-order valence-electron chi connectivity index (χ2n) is 7.27. The molecular weight excluding hydrogens is 306 g/mol. The number of primary amides is 1. The standard InChI is InChI=1S/C19H37NO4/c1-4-5-9-13-16(21)19(24,18(20)23)17(22)14-11-8-6-7-10-12-15(2)3/h15-16,21,24H,4-14H2,1-3H3,(H2,20,23). The molecule has 0 heterocycles. The normalized spacial score (nSPS) is 15.2. The van der Waals surface area contributed by atoms with E-state index >= 15 is 0 Å². The molecule has 0 saturated carbocycles.